The van der Waals surface area contributed by atoms with E-state index in [9.17, 15) is 0 Å². The summed E-state index contributed by atoms with van der Waals surface area (Å²) in [4.78, 5) is 7.22. The first kappa shape index (κ1) is 20.6. The van der Waals surface area contributed by atoms with Crippen LogP contribution in [-0.2, 0) is 6.54 Å². The SMILES string of the molecule is C#CCOc1ccc2c(c1)C(c1ccc(C(C)C)cc1)=NCN2Cc1ccc(N)cc1. The van der Waals surface area contributed by atoms with Gasteiger partial charge in [0, 0.05) is 29.0 Å². The number of terminal acetylenes is 1. The van der Waals surface area contributed by atoms with Gasteiger partial charge < -0.3 is 15.4 Å². The topological polar surface area (TPSA) is 50.8 Å². The van der Waals surface area contributed by atoms with Crippen molar-refractivity contribution in [3.8, 4) is 18.1 Å². The van der Waals surface area contributed by atoms with Gasteiger partial charge in [0.05, 0.1) is 5.71 Å². The molecule has 0 radical (unpaired) electrons. The number of nitrogens with two attached hydrogens (primary N) is 1. The lowest BCUT2D eigenvalue weighted by Gasteiger charge is -2.31. The molecule has 1 aliphatic heterocycles. The van der Waals surface area contributed by atoms with Gasteiger partial charge in [-0.2, -0.15) is 0 Å². The summed E-state index contributed by atoms with van der Waals surface area (Å²) in [5, 5.41) is 0. The van der Waals surface area contributed by atoms with Gasteiger partial charge in [0.15, 0.2) is 0 Å². The number of fused-ring (bicyclic) bond motifs is 1. The molecule has 0 saturated carbocycles. The lowest BCUT2D eigenvalue weighted by atomic mass is 9.95. The molecule has 156 valence electrons. The summed E-state index contributed by atoms with van der Waals surface area (Å²) in [7, 11) is 0. The Morgan fingerprint density at radius 3 is 2.48 bits per heavy atom. The van der Waals surface area contributed by atoms with Gasteiger partial charge in [0.2, 0.25) is 0 Å². The monoisotopic (exact) mass is 409 g/mol. The van der Waals surface area contributed by atoms with Gasteiger partial charge in [-0.1, -0.05) is 56.2 Å². The highest BCUT2D eigenvalue weighted by molar-refractivity contribution is 6.17. The average Bonchev–Trinajstić information content (AvgIpc) is 2.79. The van der Waals surface area contributed by atoms with Gasteiger partial charge in [-0.25, -0.2) is 0 Å². The summed E-state index contributed by atoms with van der Waals surface area (Å²) in [6.45, 7) is 5.98. The van der Waals surface area contributed by atoms with Crippen LogP contribution in [0.1, 0.15) is 42.0 Å². The van der Waals surface area contributed by atoms with Crippen molar-refractivity contribution in [2.45, 2.75) is 26.3 Å². The Balaban J connectivity index is 1.70. The number of anilines is 2. The third kappa shape index (κ3) is 4.57. The van der Waals surface area contributed by atoms with Gasteiger partial charge in [-0.15, -0.1) is 6.42 Å². The van der Waals surface area contributed by atoms with Gasteiger partial charge in [-0.3, -0.25) is 4.99 Å². The highest BCUT2D eigenvalue weighted by Crippen LogP contribution is 2.33. The molecule has 1 heterocycles. The summed E-state index contributed by atoms with van der Waals surface area (Å²) in [6, 6.07) is 22.8. The van der Waals surface area contributed by atoms with E-state index in [-0.39, 0.29) is 6.61 Å². The minimum absolute atomic E-state index is 0.240. The number of ether oxygens (including phenoxy) is 1. The van der Waals surface area contributed by atoms with Crippen molar-refractivity contribution in [3.05, 3.63) is 89.0 Å². The average molecular weight is 410 g/mol. The molecule has 4 heteroatoms. The van der Waals surface area contributed by atoms with E-state index in [1.165, 1.54) is 11.1 Å². The van der Waals surface area contributed by atoms with E-state index >= 15 is 0 Å². The smallest absolute Gasteiger partial charge is 0.148 e. The zero-order chi connectivity index (χ0) is 21.8. The van der Waals surface area contributed by atoms with Crippen LogP contribution in [0, 0.1) is 12.3 Å². The molecule has 3 aromatic rings. The number of hydrogen-bond donors (Lipinski definition) is 1. The first-order chi connectivity index (χ1) is 15.0. The second-order valence-electron chi connectivity index (χ2n) is 8.04. The first-order valence-corrected chi connectivity index (χ1v) is 10.5. The molecule has 31 heavy (non-hydrogen) atoms. The van der Waals surface area contributed by atoms with Gasteiger partial charge in [0.25, 0.3) is 0 Å². The summed E-state index contributed by atoms with van der Waals surface area (Å²) >= 11 is 0. The van der Waals surface area contributed by atoms with Crippen LogP contribution >= 0.6 is 0 Å². The summed E-state index contributed by atoms with van der Waals surface area (Å²) in [6.07, 6.45) is 5.37. The maximum atomic E-state index is 5.84. The minimum Gasteiger partial charge on any atom is -0.481 e. The maximum Gasteiger partial charge on any atom is 0.148 e. The predicted octanol–water partition coefficient (Wildman–Crippen LogP) is 5.22. The Hall–Kier alpha value is -3.71. The Morgan fingerprint density at radius 2 is 1.81 bits per heavy atom. The molecule has 0 aromatic heterocycles. The van der Waals surface area contributed by atoms with Crippen molar-refractivity contribution in [1.29, 1.82) is 0 Å². The Kier molecular flexibility index (Phi) is 5.95. The molecule has 3 aromatic carbocycles. The summed E-state index contributed by atoms with van der Waals surface area (Å²) in [5.74, 6) is 3.77. The Bertz CT molecular complexity index is 1120. The molecule has 2 N–H and O–H groups in total. The van der Waals surface area contributed by atoms with Crippen LogP contribution in [0.15, 0.2) is 71.7 Å². The molecule has 4 nitrogen and oxygen atoms in total. The number of nitrogen functional groups attached to an aromatic ring is 1. The molecule has 4 rings (SSSR count). The molecular weight excluding hydrogens is 382 g/mol. The zero-order valence-electron chi connectivity index (χ0n) is 18.0. The number of aliphatic imine (C=N–C) groups is 1. The largest absolute Gasteiger partial charge is 0.481 e. The minimum atomic E-state index is 0.240. The molecule has 0 atom stereocenters. The van der Waals surface area contributed by atoms with E-state index in [0.29, 0.717) is 12.6 Å². The van der Waals surface area contributed by atoms with Crippen molar-refractivity contribution in [2.24, 2.45) is 4.99 Å². The van der Waals surface area contributed by atoms with E-state index in [0.717, 1.165) is 40.5 Å². The second-order valence-corrected chi connectivity index (χ2v) is 8.04. The first-order valence-electron chi connectivity index (χ1n) is 10.5. The molecule has 0 amide bonds. The highest BCUT2D eigenvalue weighted by atomic mass is 16.5. The molecule has 0 spiro atoms. The van der Waals surface area contributed by atoms with Crippen LogP contribution in [0.3, 0.4) is 0 Å². The maximum absolute atomic E-state index is 5.84. The van der Waals surface area contributed by atoms with E-state index in [1.807, 2.05) is 24.3 Å². The van der Waals surface area contributed by atoms with E-state index in [1.54, 1.807) is 0 Å². The van der Waals surface area contributed by atoms with Crippen LogP contribution in [0.2, 0.25) is 0 Å². The highest BCUT2D eigenvalue weighted by Gasteiger charge is 2.22. The van der Waals surface area contributed by atoms with Crippen LogP contribution in [0.25, 0.3) is 0 Å². The van der Waals surface area contributed by atoms with Crippen LogP contribution in [0.4, 0.5) is 11.4 Å². The number of rotatable bonds is 6. The predicted molar refractivity (Wildman–Crippen MR) is 129 cm³/mol. The number of nitrogens with zero attached hydrogens (tertiary/aromatic N) is 2. The molecule has 0 aliphatic carbocycles. The molecule has 1 aliphatic rings. The van der Waals surface area contributed by atoms with Crippen LogP contribution in [0.5, 0.6) is 5.75 Å². The van der Waals surface area contributed by atoms with Crippen molar-refractivity contribution in [1.82, 2.24) is 0 Å². The van der Waals surface area contributed by atoms with E-state index < -0.39 is 0 Å². The quantitative estimate of drug-likeness (QED) is 0.449. The zero-order valence-corrected chi connectivity index (χ0v) is 18.0. The fourth-order valence-electron chi connectivity index (χ4n) is 3.76. The van der Waals surface area contributed by atoms with Gasteiger partial charge in [0.1, 0.15) is 19.0 Å². The standard InChI is InChI=1S/C27H27N3O/c1-4-15-31-24-13-14-26-25(16-24)27(22-9-7-21(8-10-22)19(2)3)29-18-30(26)17-20-5-11-23(28)12-6-20/h1,5-14,16,19H,15,17-18,28H2,2-3H3. The Morgan fingerprint density at radius 1 is 1.06 bits per heavy atom. The lowest BCUT2D eigenvalue weighted by molar-refractivity contribution is 0.370. The third-order valence-corrected chi connectivity index (χ3v) is 5.49. The summed E-state index contributed by atoms with van der Waals surface area (Å²) in [5.41, 5.74) is 13.4. The van der Waals surface area contributed by atoms with Gasteiger partial charge in [-0.05, 0) is 47.4 Å². The molecule has 0 bridgehead atoms. The summed E-state index contributed by atoms with van der Waals surface area (Å²) < 4.78 is 5.70. The van der Waals surface area contributed by atoms with Crippen molar-refractivity contribution in [2.75, 3.05) is 23.9 Å². The van der Waals surface area contributed by atoms with Gasteiger partial charge >= 0.3 is 0 Å². The normalized spacial score (nSPS) is 12.8. The molecule has 0 unspecified atom stereocenters. The number of benzene rings is 3. The van der Waals surface area contributed by atoms with Crippen LogP contribution < -0.4 is 15.4 Å². The molecule has 0 saturated heterocycles. The van der Waals surface area contributed by atoms with Crippen LogP contribution in [-0.4, -0.2) is 19.0 Å². The Labute approximate surface area is 184 Å². The molecule has 0 fully saturated rings. The fourth-order valence-corrected chi connectivity index (χ4v) is 3.76. The van der Waals surface area contributed by atoms with Crippen molar-refractivity contribution < 1.29 is 4.74 Å². The van der Waals surface area contributed by atoms with Crippen molar-refractivity contribution >= 4 is 17.1 Å². The number of hydrogen-bond acceptors (Lipinski definition) is 4. The lowest BCUT2D eigenvalue weighted by Crippen LogP contribution is -2.29. The van der Waals surface area contributed by atoms with Crippen molar-refractivity contribution in [3.63, 3.8) is 0 Å². The van der Waals surface area contributed by atoms with E-state index in [2.05, 4.69) is 67.1 Å². The van der Waals surface area contributed by atoms with E-state index in [4.69, 9.17) is 21.9 Å². The third-order valence-electron chi connectivity index (χ3n) is 5.49. The molecular formula is C27H27N3O. The second kappa shape index (κ2) is 8.97. The fraction of sp³-hybridized carbons (Fsp3) is 0.222.